The van der Waals surface area contributed by atoms with E-state index >= 15 is 0 Å². The zero-order valence-corrected chi connectivity index (χ0v) is 14.8. The molecule has 3 aromatic rings. The second kappa shape index (κ2) is 7.17. The maximum atomic E-state index is 5.63. The fourth-order valence-electron chi connectivity index (χ4n) is 2.86. The Bertz CT molecular complexity index is 887. The van der Waals surface area contributed by atoms with Crippen molar-refractivity contribution in [2.45, 2.75) is 32.8 Å². The lowest BCUT2D eigenvalue weighted by atomic mass is 10.1. The van der Waals surface area contributed by atoms with Crippen LogP contribution in [0, 0.1) is 13.8 Å². The lowest BCUT2D eigenvalue weighted by Crippen LogP contribution is -2.19. The second-order valence-corrected chi connectivity index (χ2v) is 6.35. The van der Waals surface area contributed by atoms with E-state index in [1.165, 1.54) is 0 Å². The van der Waals surface area contributed by atoms with Gasteiger partial charge >= 0.3 is 0 Å². The van der Waals surface area contributed by atoms with Crippen LogP contribution in [0.15, 0.2) is 29.2 Å². The highest BCUT2D eigenvalue weighted by atomic mass is 16.5. The molecular formula is C18H20N6O2. The Labute approximate surface area is 151 Å². The number of nitrogens with zero attached hydrogens (tertiary/aromatic N) is 5. The Morgan fingerprint density at radius 3 is 2.73 bits per heavy atom. The summed E-state index contributed by atoms with van der Waals surface area (Å²) in [6.45, 7) is 5.27. The van der Waals surface area contributed by atoms with Crippen molar-refractivity contribution in [3.63, 3.8) is 0 Å². The molecule has 0 aliphatic carbocycles. The molecule has 0 aromatic carbocycles. The highest BCUT2D eigenvalue weighted by molar-refractivity contribution is 5.76. The molecule has 0 amide bonds. The Hall–Kier alpha value is -2.87. The van der Waals surface area contributed by atoms with Gasteiger partial charge in [-0.2, -0.15) is 0 Å². The third-order valence-corrected chi connectivity index (χ3v) is 4.22. The van der Waals surface area contributed by atoms with Gasteiger partial charge in [0.15, 0.2) is 5.76 Å². The molecule has 26 heavy (non-hydrogen) atoms. The zero-order valence-electron chi connectivity index (χ0n) is 14.8. The van der Waals surface area contributed by atoms with Gasteiger partial charge in [0.05, 0.1) is 29.3 Å². The molecule has 0 radical (unpaired) electrons. The monoisotopic (exact) mass is 352 g/mol. The number of aryl methyl sites for hydroxylation is 2. The van der Waals surface area contributed by atoms with Crippen molar-refractivity contribution < 1.29 is 9.26 Å². The predicted octanol–water partition coefficient (Wildman–Crippen LogP) is 2.80. The molecule has 134 valence electrons. The zero-order chi connectivity index (χ0) is 17.9. The minimum Gasteiger partial charge on any atom is -0.376 e. The summed E-state index contributed by atoms with van der Waals surface area (Å²) in [6.07, 6.45) is 7.50. The molecule has 8 heteroatoms. The van der Waals surface area contributed by atoms with E-state index < -0.39 is 0 Å². The molecular weight excluding hydrogens is 332 g/mol. The normalized spacial score (nSPS) is 16.8. The predicted molar refractivity (Wildman–Crippen MR) is 95.5 cm³/mol. The van der Waals surface area contributed by atoms with Gasteiger partial charge in [-0.25, -0.2) is 9.97 Å². The molecule has 1 fully saturated rings. The lowest BCUT2D eigenvalue weighted by molar-refractivity contribution is 0.120. The van der Waals surface area contributed by atoms with Crippen molar-refractivity contribution in [1.82, 2.24) is 25.1 Å². The van der Waals surface area contributed by atoms with Gasteiger partial charge in [-0.05, 0) is 26.7 Å². The molecule has 4 heterocycles. The van der Waals surface area contributed by atoms with E-state index in [0.29, 0.717) is 29.6 Å². The van der Waals surface area contributed by atoms with Gasteiger partial charge in [-0.3, -0.25) is 9.97 Å². The number of anilines is 1. The number of hydrogen-bond donors (Lipinski definition) is 1. The van der Waals surface area contributed by atoms with Gasteiger partial charge in [-0.15, -0.1) is 0 Å². The van der Waals surface area contributed by atoms with Crippen molar-refractivity contribution in [2.24, 2.45) is 0 Å². The van der Waals surface area contributed by atoms with Crippen LogP contribution in [0.2, 0.25) is 0 Å². The third-order valence-electron chi connectivity index (χ3n) is 4.22. The maximum absolute atomic E-state index is 5.63. The number of hydrogen-bond acceptors (Lipinski definition) is 8. The quantitative estimate of drug-likeness (QED) is 0.748. The largest absolute Gasteiger partial charge is 0.376 e. The molecule has 0 unspecified atom stereocenters. The maximum Gasteiger partial charge on any atom is 0.223 e. The number of aromatic nitrogens is 5. The standard InChI is InChI=1S/C18H20N6O2/c1-11-6-16(26-24-11)14-9-22-18(21-8-13-4-3-5-25-13)23-17(14)15-10-19-12(2)7-20-15/h6-7,9-10,13H,3-5,8H2,1-2H3,(H,21,22,23)/t13-/m1/s1. The average molecular weight is 352 g/mol. The van der Waals surface area contributed by atoms with Crippen LogP contribution in [0.5, 0.6) is 0 Å². The molecule has 0 bridgehead atoms. The summed E-state index contributed by atoms with van der Waals surface area (Å²) in [5, 5.41) is 7.20. The van der Waals surface area contributed by atoms with Crippen LogP contribution in [0.3, 0.4) is 0 Å². The highest BCUT2D eigenvalue weighted by Gasteiger charge is 2.18. The van der Waals surface area contributed by atoms with Crippen molar-refractivity contribution in [3.05, 3.63) is 36.0 Å². The molecule has 1 atom stereocenters. The van der Waals surface area contributed by atoms with Crippen molar-refractivity contribution in [2.75, 3.05) is 18.5 Å². The van der Waals surface area contributed by atoms with E-state index in [0.717, 1.165) is 36.4 Å². The molecule has 1 aliphatic rings. The molecule has 0 spiro atoms. The highest BCUT2D eigenvalue weighted by Crippen LogP contribution is 2.30. The van der Waals surface area contributed by atoms with E-state index in [4.69, 9.17) is 9.26 Å². The van der Waals surface area contributed by atoms with Crippen LogP contribution in [-0.4, -0.2) is 44.3 Å². The van der Waals surface area contributed by atoms with Crippen molar-refractivity contribution in [1.29, 1.82) is 0 Å². The SMILES string of the molecule is Cc1cnc(-c2nc(NC[C@H]3CCCO3)ncc2-c2cc(C)no2)cn1. The van der Waals surface area contributed by atoms with Gasteiger partial charge in [-0.1, -0.05) is 5.16 Å². The summed E-state index contributed by atoms with van der Waals surface area (Å²) < 4.78 is 11.0. The van der Waals surface area contributed by atoms with Gasteiger partial charge in [0.2, 0.25) is 5.95 Å². The number of nitrogens with one attached hydrogen (secondary N) is 1. The van der Waals surface area contributed by atoms with Gasteiger partial charge in [0, 0.05) is 31.6 Å². The van der Waals surface area contributed by atoms with E-state index in [1.807, 2.05) is 19.9 Å². The Balaban J connectivity index is 1.68. The molecule has 1 saturated heterocycles. The molecule has 1 aliphatic heterocycles. The minimum atomic E-state index is 0.206. The summed E-state index contributed by atoms with van der Waals surface area (Å²) in [5.41, 5.74) is 3.67. The number of ether oxygens (including phenoxy) is 1. The smallest absolute Gasteiger partial charge is 0.223 e. The van der Waals surface area contributed by atoms with Crippen LogP contribution in [0.25, 0.3) is 22.7 Å². The van der Waals surface area contributed by atoms with Crippen LogP contribution >= 0.6 is 0 Å². The number of rotatable bonds is 5. The van der Waals surface area contributed by atoms with Crippen LogP contribution in [0.4, 0.5) is 5.95 Å². The lowest BCUT2D eigenvalue weighted by Gasteiger charge is -2.12. The fraction of sp³-hybridized carbons (Fsp3) is 0.389. The summed E-state index contributed by atoms with van der Waals surface area (Å²) >= 11 is 0. The summed E-state index contributed by atoms with van der Waals surface area (Å²) in [5.74, 6) is 1.13. The van der Waals surface area contributed by atoms with Crippen molar-refractivity contribution in [3.8, 4) is 22.7 Å². The first-order valence-electron chi connectivity index (χ1n) is 8.64. The molecule has 0 saturated carbocycles. The van der Waals surface area contributed by atoms with Crippen LogP contribution < -0.4 is 5.32 Å². The van der Waals surface area contributed by atoms with E-state index in [1.54, 1.807) is 18.6 Å². The van der Waals surface area contributed by atoms with Crippen LogP contribution in [-0.2, 0) is 4.74 Å². The Kier molecular flexibility index (Phi) is 4.57. The van der Waals surface area contributed by atoms with Crippen molar-refractivity contribution >= 4 is 5.95 Å². The topological polar surface area (TPSA) is 98.9 Å². The second-order valence-electron chi connectivity index (χ2n) is 6.35. The molecule has 4 rings (SSSR count). The first kappa shape index (κ1) is 16.6. The first-order valence-corrected chi connectivity index (χ1v) is 8.64. The minimum absolute atomic E-state index is 0.206. The summed E-state index contributed by atoms with van der Waals surface area (Å²) in [4.78, 5) is 17.8. The van der Waals surface area contributed by atoms with Gasteiger partial charge < -0.3 is 14.6 Å². The van der Waals surface area contributed by atoms with E-state index in [9.17, 15) is 0 Å². The Morgan fingerprint density at radius 1 is 1.12 bits per heavy atom. The summed E-state index contributed by atoms with van der Waals surface area (Å²) in [7, 11) is 0. The molecule has 8 nitrogen and oxygen atoms in total. The third kappa shape index (κ3) is 3.55. The van der Waals surface area contributed by atoms with Gasteiger partial charge in [0.25, 0.3) is 0 Å². The molecule has 3 aromatic heterocycles. The first-order chi connectivity index (χ1) is 12.7. The average Bonchev–Trinajstić information content (AvgIpc) is 3.32. The summed E-state index contributed by atoms with van der Waals surface area (Å²) in [6, 6.07) is 1.85. The Morgan fingerprint density at radius 2 is 2.04 bits per heavy atom. The fourth-order valence-corrected chi connectivity index (χ4v) is 2.86. The van der Waals surface area contributed by atoms with Crippen LogP contribution in [0.1, 0.15) is 24.2 Å². The van der Waals surface area contributed by atoms with E-state index in [-0.39, 0.29) is 6.10 Å². The van der Waals surface area contributed by atoms with Gasteiger partial charge in [0.1, 0.15) is 11.4 Å². The molecule has 1 N–H and O–H groups in total. The van der Waals surface area contributed by atoms with E-state index in [2.05, 4.69) is 30.4 Å².